The first-order chi connectivity index (χ1) is 16.8. The van der Waals surface area contributed by atoms with E-state index < -0.39 is 0 Å². The molecule has 3 nitrogen and oxygen atoms in total. The summed E-state index contributed by atoms with van der Waals surface area (Å²) in [5.41, 5.74) is 6.69. The molecule has 202 valence electrons. The van der Waals surface area contributed by atoms with Gasteiger partial charge in [-0.15, -0.1) is 0 Å². The number of rotatable bonds is 12. The largest absolute Gasteiger partial charge is 0.467 e. The number of benzene rings is 2. The van der Waals surface area contributed by atoms with Crippen molar-refractivity contribution in [2.45, 2.75) is 111 Å². The maximum atomic E-state index is 6.47. The molecule has 2 atom stereocenters. The van der Waals surface area contributed by atoms with Crippen LogP contribution in [0, 0.1) is 6.92 Å². The zero-order valence-corrected chi connectivity index (χ0v) is 25.9. The van der Waals surface area contributed by atoms with Gasteiger partial charge in [0.25, 0.3) is 0 Å². The second-order valence-electron chi connectivity index (χ2n) is 12.6. The predicted molar refractivity (Wildman–Crippen MR) is 160 cm³/mol. The molecule has 36 heavy (non-hydrogen) atoms. The molecule has 2 aromatic carbocycles. The first-order valence-corrected chi connectivity index (χ1v) is 14.6. The van der Waals surface area contributed by atoms with E-state index >= 15 is 0 Å². The quantitative estimate of drug-likeness (QED) is 0.177. The fourth-order valence-corrected chi connectivity index (χ4v) is 6.48. The third-order valence-corrected chi connectivity index (χ3v) is 8.83. The van der Waals surface area contributed by atoms with Crippen LogP contribution in [0.4, 0.5) is 0 Å². The Morgan fingerprint density at radius 1 is 0.889 bits per heavy atom. The van der Waals surface area contributed by atoms with E-state index in [4.69, 9.17) is 9.47 Å². The van der Waals surface area contributed by atoms with Crippen molar-refractivity contribution in [3.05, 3.63) is 58.1 Å². The molecule has 2 aromatic rings. The van der Waals surface area contributed by atoms with Crippen molar-refractivity contribution in [1.82, 2.24) is 5.32 Å². The van der Waals surface area contributed by atoms with Gasteiger partial charge >= 0.3 is 0 Å². The van der Waals surface area contributed by atoms with Crippen molar-refractivity contribution in [2.24, 2.45) is 0 Å². The molecule has 0 bridgehead atoms. The van der Waals surface area contributed by atoms with Crippen LogP contribution in [0.15, 0.2) is 30.3 Å². The van der Waals surface area contributed by atoms with E-state index in [1.807, 2.05) is 7.05 Å². The third kappa shape index (κ3) is 8.04. The molecule has 0 fully saturated rings. The van der Waals surface area contributed by atoms with Crippen molar-refractivity contribution in [1.29, 1.82) is 0 Å². The molecule has 0 saturated carbocycles. The molecule has 0 aliphatic heterocycles. The van der Waals surface area contributed by atoms with Gasteiger partial charge in [-0.05, 0) is 47.7 Å². The SMILES string of the molecule is CCCCCC(C)(Pc1ccc(C)cc1CNC)c1cc(C(C)(C)C)cc(C(C)(C)C)c1OCOC. The topological polar surface area (TPSA) is 30.5 Å². The lowest BCUT2D eigenvalue weighted by atomic mass is 9.76. The zero-order valence-electron chi connectivity index (χ0n) is 24.9. The van der Waals surface area contributed by atoms with Gasteiger partial charge in [-0.2, -0.15) is 0 Å². The van der Waals surface area contributed by atoms with Crippen LogP contribution in [0.1, 0.15) is 109 Å². The second-order valence-corrected chi connectivity index (χ2v) is 14.4. The van der Waals surface area contributed by atoms with Crippen molar-refractivity contribution in [2.75, 3.05) is 21.0 Å². The number of aryl methyl sites for hydroxylation is 1. The fourth-order valence-electron chi connectivity index (χ4n) is 4.77. The molecule has 0 radical (unpaired) electrons. The number of nitrogens with one attached hydrogen (secondary N) is 1. The van der Waals surface area contributed by atoms with Crippen LogP contribution in [-0.4, -0.2) is 21.0 Å². The normalized spacial score (nSPS) is 14.4. The van der Waals surface area contributed by atoms with E-state index in [0.717, 1.165) is 18.7 Å². The minimum absolute atomic E-state index is 0.0444. The highest BCUT2D eigenvalue weighted by Gasteiger charge is 2.35. The molecular formula is C32H52NO2P. The number of unbranched alkanes of at least 4 members (excludes halogenated alkanes) is 2. The highest BCUT2D eigenvalue weighted by Crippen LogP contribution is 2.52. The average molecular weight is 514 g/mol. The molecule has 1 N–H and O–H groups in total. The smallest absolute Gasteiger partial charge is 0.188 e. The summed E-state index contributed by atoms with van der Waals surface area (Å²) in [4.78, 5) is 0. The van der Waals surface area contributed by atoms with E-state index in [1.165, 1.54) is 52.4 Å². The lowest BCUT2D eigenvalue weighted by Crippen LogP contribution is -2.27. The number of hydrogen-bond acceptors (Lipinski definition) is 3. The van der Waals surface area contributed by atoms with Gasteiger partial charge in [-0.25, -0.2) is 0 Å². The molecule has 0 amide bonds. The molecule has 0 spiro atoms. The van der Waals surface area contributed by atoms with Gasteiger partial charge in [-0.3, -0.25) is 0 Å². The molecule has 0 saturated heterocycles. The number of hydrogen-bond donors (Lipinski definition) is 1. The van der Waals surface area contributed by atoms with Gasteiger partial charge in [0.1, 0.15) is 5.75 Å². The van der Waals surface area contributed by atoms with Crippen molar-refractivity contribution >= 4 is 13.9 Å². The minimum atomic E-state index is -0.0479. The van der Waals surface area contributed by atoms with E-state index in [2.05, 4.69) is 98.0 Å². The Morgan fingerprint density at radius 2 is 1.56 bits per heavy atom. The standard InChI is InChI=1S/C32H52NO2P/c1-12-13-14-17-32(9,36-28-16-15-23(2)18-24(28)21-33-10)27-20-25(30(3,4)5)19-26(31(6,7)8)29(27)35-22-34-11/h15-16,18-20,33,36H,12-14,17,21-22H2,1-11H3. The summed E-state index contributed by atoms with van der Waals surface area (Å²) < 4.78 is 11.9. The van der Waals surface area contributed by atoms with Crippen molar-refractivity contribution in [3.63, 3.8) is 0 Å². The third-order valence-electron chi connectivity index (χ3n) is 7.00. The van der Waals surface area contributed by atoms with Crippen LogP contribution in [-0.2, 0) is 27.3 Å². The molecule has 4 heteroatoms. The zero-order chi connectivity index (χ0) is 27.1. The van der Waals surface area contributed by atoms with Gasteiger partial charge < -0.3 is 14.8 Å². The van der Waals surface area contributed by atoms with E-state index in [9.17, 15) is 0 Å². The Balaban J connectivity index is 2.83. The predicted octanol–water partition coefficient (Wildman–Crippen LogP) is 8.09. The maximum absolute atomic E-state index is 6.47. The molecule has 0 aliphatic rings. The van der Waals surface area contributed by atoms with Crippen LogP contribution in [0.3, 0.4) is 0 Å². The van der Waals surface area contributed by atoms with Gasteiger partial charge in [0.05, 0.1) is 0 Å². The molecular weight excluding hydrogens is 461 g/mol. The van der Waals surface area contributed by atoms with Crippen LogP contribution in [0.5, 0.6) is 5.75 Å². The van der Waals surface area contributed by atoms with Gasteiger partial charge in [0.2, 0.25) is 0 Å². The molecule has 2 unspecified atom stereocenters. The van der Waals surface area contributed by atoms with E-state index in [0.29, 0.717) is 8.58 Å². The molecule has 0 heterocycles. The van der Waals surface area contributed by atoms with E-state index in [1.54, 1.807) is 7.11 Å². The van der Waals surface area contributed by atoms with Crippen LogP contribution < -0.4 is 15.4 Å². The summed E-state index contributed by atoms with van der Waals surface area (Å²) in [5.74, 6) is 1.02. The highest BCUT2D eigenvalue weighted by molar-refractivity contribution is 7.48. The van der Waals surface area contributed by atoms with Crippen molar-refractivity contribution < 1.29 is 9.47 Å². The van der Waals surface area contributed by atoms with E-state index in [-0.39, 0.29) is 22.8 Å². The molecule has 2 rings (SSSR count). The Bertz CT molecular complexity index is 987. The average Bonchev–Trinajstić information content (AvgIpc) is 2.78. The molecule has 0 aliphatic carbocycles. The number of ether oxygens (including phenoxy) is 2. The maximum Gasteiger partial charge on any atom is 0.188 e. The van der Waals surface area contributed by atoms with Gasteiger partial charge in [0, 0.05) is 29.9 Å². The summed E-state index contributed by atoms with van der Waals surface area (Å²) in [7, 11) is 4.39. The second kappa shape index (κ2) is 12.9. The van der Waals surface area contributed by atoms with Gasteiger partial charge in [-0.1, -0.05) is 119 Å². The summed E-state index contributed by atoms with van der Waals surface area (Å²) in [5, 5.41) is 4.79. The van der Waals surface area contributed by atoms with Crippen LogP contribution in [0.2, 0.25) is 0 Å². The Hall–Kier alpha value is -1.41. The molecule has 0 aromatic heterocycles. The Kier molecular flexibility index (Phi) is 11.0. The first kappa shape index (κ1) is 30.8. The highest BCUT2D eigenvalue weighted by atomic mass is 31.1. The monoisotopic (exact) mass is 513 g/mol. The van der Waals surface area contributed by atoms with Crippen molar-refractivity contribution in [3.8, 4) is 5.75 Å². The van der Waals surface area contributed by atoms with Gasteiger partial charge in [0.15, 0.2) is 6.79 Å². The summed E-state index contributed by atoms with van der Waals surface area (Å²) in [6, 6.07) is 11.8. The Labute approximate surface area is 223 Å². The fraction of sp³-hybridized carbons (Fsp3) is 0.625. The summed E-state index contributed by atoms with van der Waals surface area (Å²) in [6.45, 7) is 21.9. The first-order valence-electron chi connectivity index (χ1n) is 13.6. The van der Waals surface area contributed by atoms with Crippen LogP contribution in [0.25, 0.3) is 0 Å². The Morgan fingerprint density at radius 3 is 2.11 bits per heavy atom. The van der Waals surface area contributed by atoms with Crippen LogP contribution >= 0.6 is 8.58 Å². The summed E-state index contributed by atoms with van der Waals surface area (Å²) >= 11 is 0. The lowest BCUT2D eigenvalue weighted by molar-refractivity contribution is 0.0486. The number of methoxy groups -OCH3 is 1. The lowest BCUT2D eigenvalue weighted by Gasteiger charge is -2.37. The summed E-state index contributed by atoms with van der Waals surface area (Å²) in [6.07, 6.45) is 4.81. The minimum Gasteiger partial charge on any atom is -0.467 e.